The van der Waals surface area contributed by atoms with Crippen LogP contribution >= 0.6 is 0 Å². The highest BCUT2D eigenvalue weighted by atomic mass is 16.6. The first-order chi connectivity index (χ1) is 18.6. The van der Waals surface area contributed by atoms with Crippen LogP contribution in [0, 0.1) is 0 Å². The second-order valence-electron chi connectivity index (χ2n) is 9.56. The highest BCUT2D eigenvalue weighted by molar-refractivity contribution is 6.32. The minimum absolute atomic E-state index is 0.239. The predicted octanol–water partition coefficient (Wildman–Crippen LogP) is 3.21. The fourth-order valence-corrected chi connectivity index (χ4v) is 5.22. The van der Waals surface area contributed by atoms with Gasteiger partial charge in [0.15, 0.2) is 5.75 Å². The molecule has 1 aromatic heterocycles. The SMILES string of the molecule is CCN1CCN(c2nc(/C=C/c3cccc(N4CCOCC4)c3)c3c4c(cccc24)OC(=O)C(=O)O3)CC1. The highest BCUT2D eigenvalue weighted by Gasteiger charge is 2.31. The van der Waals surface area contributed by atoms with Gasteiger partial charge in [0.2, 0.25) is 0 Å². The Bertz CT molecular complexity index is 1410. The van der Waals surface area contributed by atoms with Gasteiger partial charge in [-0.2, -0.15) is 0 Å². The van der Waals surface area contributed by atoms with Crippen molar-refractivity contribution in [2.45, 2.75) is 6.92 Å². The summed E-state index contributed by atoms with van der Waals surface area (Å²) >= 11 is 0. The number of anilines is 2. The van der Waals surface area contributed by atoms with Crippen molar-refractivity contribution in [2.24, 2.45) is 0 Å². The molecule has 3 aliphatic heterocycles. The van der Waals surface area contributed by atoms with Crippen LogP contribution in [-0.4, -0.2) is 80.8 Å². The van der Waals surface area contributed by atoms with Gasteiger partial charge < -0.3 is 28.9 Å². The molecule has 6 rings (SSSR count). The van der Waals surface area contributed by atoms with E-state index in [4.69, 9.17) is 19.2 Å². The van der Waals surface area contributed by atoms with E-state index in [1.54, 1.807) is 6.07 Å². The number of pyridine rings is 1. The molecule has 0 aliphatic carbocycles. The fourth-order valence-electron chi connectivity index (χ4n) is 5.22. The summed E-state index contributed by atoms with van der Waals surface area (Å²) in [6.07, 6.45) is 3.80. The maximum absolute atomic E-state index is 12.4. The van der Waals surface area contributed by atoms with E-state index < -0.39 is 11.9 Å². The summed E-state index contributed by atoms with van der Waals surface area (Å²) in [6.45, 7) is 9.83. The number of esters is 2. The molecule has 2 aromatic carbocycles. The van der Waals surface area contributed by atoms with Crippen molar-refractivity contribution in [3.8, 4) is 11.5 Å². The van der Waals surface area contributed by atoms with Crippen molar-refractivity contribution in [3.63, 3.8) is 0 Å². The molecular weight excluding hydrogens is 484 g/mol. The Morgan fingerprint density at radius 1 is 0.868 bits per heavy atom. The minimum Gasteiger partial charge on any atom is -0.417 e. The van der Waals surface area contributed by atoms with Gasteiger partial charge in [-0.15, -0.1) is 0 Å². The van der Waals surface area contributed by atoms with E-state index in [1.807, 2.05) is 36.4 Å². The molecule has 0 saturated carbocycles. The number of likely N-dealkylation sites (N-methyl/N-ethyl adjacent to an activating group) is 1. The molecule has 3 aromatic rings. The molecule has 3 aliphatic rings. The largest absolute Gasteiger partial charge is 0.423 e. The van der Waals surface area contributed by atoms with Crippen molar-refractivity contribution in [1.29, 1.82) is 0 Å². The normalized spacial score (nSPS) is 18.6. The molecule has 4 heterocycles. The van der Waals surface area contributed by atoms with Gasteiger partial charge in [0.1, 0.15) is 17.3 Å². The topological polar surface area (TPSA) is 84.4 Å². The zero-order valence-corrected chi connectivity index (χ0v) is 21.4. The highest BCUT2D eigenvalue weighted by Crippen LogP contribution is 2.42. The standard InChI is InChI=1S/C29H30N4O5/c1-2-31-11-13-33(14-12-31)27-22-7-4-8-24-25(22)26(38-29(35)28(34)37-24)23(30-27)10-9-20-5-3-6-21(19-20)32-15-17-36-18-16-32/h3-10,19H,2,11-18H2,1H3/b10-9+. The van der Waals surface area contributed by atoms with Crippen molar-refractivity contribution >= 4 is 46.4 Å². The number of hydrogen-bond donors (Lipinski definition) is 0. The predicted molar refractivity (Wildman–Crippen MR) is 146 cm³/mol. The van der Waals surface area contributed by atoms with Crippen LogP contribution in [0.25, 0.3) is 22.9 Å². The van der Waals surface area contributed by atoms with Crippen molar-refractivity contribution in [3.05, 3.63) is 53.7 Å². The van der Waals surface area contributed by atoms with Crippen LogP contribution in [0.4, 0.5) is 11.5 Å². The number of hydrogen-bond acceptors (Lipinski definition) is 9. The first-order valence-corrected chi connectivity index (χ1v) is 13.1. The number of benzene rings is 2. The Morgan fingerprint density at radius 2 is 1.63 bits per heavy atom. The molecule has 0 atom stereocenters. The number of piperazine rings is 1. The summed E-state index contributed by atoms with van der Waals surface area (Å²) < 4.78 is 16.5. The van der Waals surface area contributed by atoms with E-state index in [0.29, 0.717) is 30.0 Å². The Kier molecular flexibility index (Phi) is 6.70. The third kappa shape index (κ3) is 4.70. The Balaban J connectivity index is 1.43. The molecule has 0 radical (unpaired) electrons. The van der Waals surface area contributed by atoms with Gasteiger partial charge in [0.25, 0.3) is 0 Å². The van der Waals surface area contributed by atoms with Crippen LogP contribution in [0.1, 0.15) is 18.2 Å². The van der Waals surface area contributed by atoms with E-state index >= 15 is 0 Å². The van der Waals surface area contributed by atoms with E-state index in [-0.39, 0.29) is 5.75 Å². The van der Waals surface area contributed by atoms with Gasteiger partial charge in [-0.05, 0) is 36.4 Å². The molecule has 9 heteroatoms. The van der Waals surface area contributed by atoms with Crippen LogP contribution in [0.15, 0.2) is 42.5 Å². The van der Waals surface area contributed by atoms with Gasteiger partial charge in [-0.1, -0.05) is 37.3 Å². The molecule has 0 amide bonds. The third-order valence-electron chi connectivity index (χ3n) is 7.32. The maximum atomic E-state index is 12.4. The first kappa shape index (κ1) is 24.4. The molecule has 196 valence electrons. The lowest BCUT2D eigenvalue weighted by molar-refractivity contribution is -0.155. The molecule has 0 N–H and O–H groups in total. The molecule has 2 fully saturated rings. The summed E-state index contributed by atoms with van der Waals surface area (Å²) in [5.74, 6) is -0.772. The Hall–Kier alpha value is -3.95. The second-order valence-corrected chi connectivity index (χ2v) is 9.56. The van der Waals surface area contributed by atoms with Crippen molar-refractivity contribution in [2.75, 3.05) is 68.8 Å². The van der Waals surface area contributed by atoms with Gasteiger partial charge >= 0.3 is 11.9 Å². The number of aromatic nitrogens is 1. The van der Waals surface area contributed by atoms with E-state index in [0.717, 1.165) is 68.3 Å². The van der Waals surface area contributed by atoms with Crippen molar-refractivity contribution in [1.82, 2.24) is 9.88 Å². The smallest absolute Gasteiger partial charge is 0.417 e. The fraction of sp³-hybridized carbons (Fsp3) is 0.345. The number of rotatable bonds is 5. The molecule has 9 nitrogen and oxygen atoms in total. The maximum Gasteiger partial charge on any atom is 0.423 e. The number of morpholine rings is 1. The van der Waals surface area contributed by atoms with Gasteiger partial charge in [0.05, 0.1) is 18.6 Å². The van der Waals surface area contributed by atoms with Crippen LogP contribution in [0.3, 0.4) is 0 Å². The Labute approximate surface area is 221 Å². The summed E-state index contributed by atoms with van der Waals surface area (Å²) in [7, 11) is 0. The molecule has 0 bridgehead atoms. The second kappa shape index (κ2) is 10.4. The summed E-state index contributed by atoms with van der Waals surface area (Å²) in [5.41, 5.74) is 2.59. The quantitative estimate of drug-likeness (QED) is 0.290. The number of carbonyl (C=O) groups excluding carboxylic acids is 2. The summed E-state index contributed by atoms with van der Waals surface area (Å²) in [5, 5.41) is 1.37. The summed E-state index contributed by atoms with van der Waals surface area (Å²) in [4.78, 5) is 36.7. The van der Waals surface area contributed by atoms with Gasteiger partial charge in [-0.3, -0.25) is 0 Å². The molecular formula is C29H30N4O5. The lowest BCUT2D eigenvalue weighted by atomic mass is 10.1. The lowest BCUT2D eigenvalue weighted by Crippen LogP contribution is -2.46. The molecule has 38 heavy (non-hydrogen) atoms. The zero-order chi connectivity index (χ0) is 26.1. The molecule has 0 unspecified atom stereocenters. The third-order valence-corrected chi connectivity index (χ3v) is 7.32. The van der Waals surface area contributed by atoms with Crippen LogP contribution in [-0.2, 0) is 14.3 Å². The zero-order valence-electron chi connectivity index (χ0n) is 21.4. The number of ether oxygens (including phenoxy) is 3. The lowest BCUT2D eigenvalue weighted by Gasteiger charge is -2.35. The molecule has 2 saturated heterocycles. The van der Waals surface area contributed by atoms with E-state index in [9.17, 15) is 9.59 Å². The van der Waals surface area contributed by atoms with Gasteiger partial charge in [0, 0.05) is 50.3 Å². The van der Waals surface area contributed by atoms with Crippen LogP contribution in [0.2, 0.25) is 0 Å². The van der Waals surface area contributed by atoms with Crippen LogP contribution in [0.5, 0.6) is 11.5 Å². The van der Waals surface area contributed by atoms with Crippen LogP contribution < -0.4 is 19.3 Å². The van der Waals surface area contributed by atoms with E-state index in [1.165, 1.54) is 0 Å². The average Bonchev–Trinajstić information content (AvgIpc) is 3.09. The monoisotopic (exact) mass is 514 g/mol. The number of carbonyl (C=O) groups is 2. The number of nitrogens with zero attached hydrogens (tertiary/aromatic N) is 4. The average molecular weight is 515 g/mol. The van der Waals surface area contributed by atoms with Crippen molar-refractivity contribution < 1.29 is 23.8 Å². The summed E-state index contributed by atoms with van der Waals surface area (Å²) in [6, 6.07) is 13.7. The van der Waals surface area contributed by atoms with Gasteiger partial charge in [-0.25, -0.2) is 14.6 Å². The van der Waals surface area contributed by atoms with E-state index in [2.05, 4.69) is 33.8 Å². The Morgan fingerprint density at radius 3 is 2.42 bits per heavy atom. The first-order valence-electron chi connectivity index (χ1n) is 13.1. The molecule has 0 spiro atoms. The minimum atomic E-state index is -1.06.